The fourth-order valence-electron chi connectivity index (χ4n) is 3.25. The van der Waals surface area contributed by atoms with Crippen LogP contribution in [0.4, 0.5) is 5.69 Å². The van der Waals surface area contributed by atoms with Crippen molar-refractivity contribution >= 4 is 11.6 Å². The SMILES string of the molecule is O=C(Nc1ccc(OC[C@@H]2CCCO2)cc1)c1ccc(OCc2ccccc2)cc1. The van der Waals surface area contributed by atoms with Gasteiger partial charge in [-0.05, 0) is 66.9 Å². The Balaban J connectivity index is 1.26. The van der Waals surface area contributed by atoms with Gasteiger partial charge in [0.1, 0.15) is 24.7 Å². The number of ether oxygens (including phenoxy) is 3. The molecule has 3 aromatic rings. The number of hydrogen-bond donors (Lipinski definition) is 1. The van der Waals surface area contributed by atoms with Crippen molar-refractivity contribution < 1.29 is 19.0 Å². The summed E-state index contributed by atoms with van der Waals surface area (Å²) in [7, 11) is 0. The van der Waals surface area contributed by atoms with Crippen LogP contribution >= 0.6 is 0 Å². The maximum absolute atomic E-state index is 12.5. The van der Waals surface area contributed by atoms with Gasteiger partial charge in [0.05, 0.1) is 6.10 Å². The third-order valence-electron chi connectivity index (χ3n) is 4.94. The van der Waals surface area contributed by atoms with E-state index in [9.17, 15) is 4.79 Å². The van der Waals surface area contributed by atoms with E-state index >= 15 is 0 Å². The van der Waals surface area contributed by atoms with Crippen LogP contribution in [0.25, 0.3) is 0 Å². The van der Waals surface area contributed by atoms with Crippen molar-refractivity contribution in [2.75, 3.05) is 18.5 Å². The third-order valence-corrected chi connectivity index (χ3v) is 4.94. The monoisotopic (exact) mass is 403 g/mol. The van der Waals surface area contributed by atoms with E-state index < -0.39 is 0 Å². The number of carbonyl (C=O) groups excluding carboxylic acids is 1. The Morgan fingerprint density at radius 2 is 1.60 bits per heavy atom. The summed E-state index contributed by atoms with van der Waals surface area (Å²) in [4.78, 5) is 12.5. The lowest BCUT2D eigenvalue weighted by Crippen LogP contribution is -2.16. The van der Waals surface area contributed by atoms with Gasteiger partial charge in [-0.15, -0.1) is 0 Å². The van der Waals surface area contributed by atoms with Gasteiger partial charge in [-0.2, -0.15) is 0 Å². The van der Waals surface area contributed by atoms with Crippen LogP contribution in [-0.2, 0) is 11.3 Å². The van der Waals surface area contributed by atoms with Gasteiger partial charge in [0.2, 0.25) is 0 Å². The molecule has 0 bridgehead atoms. The first-order valence-corrected chi connectivity index (χ1v) is 10.2. The Morgan fingerprint density at radius 3 is 2.30 bits per heavy atom. The van der Waals surface area contributed by atoms with Crippen LogP contribution < -0.4 is 14.8 Å². The quantitative estimate of drug-likeness (QED) is 0.570. The number of anilines is 1. The Morgan fingerprint density at radius 1 is 0.900 bits per heavy atom. The van der Waals surface area contributed by atoms with Crippen molar-refractivity contribution in [1.29, 1.82) is 0 Å². The van der Waals surface area contributed by atoms with Crippen LogP contribution in [0.3, 0.4) is 0 Å². The molecule has 1 aliphatic rings. The predicted octanol–water partition coefficient (Wildman–Crippen LogP) is 5.08. The molecule has 1 heterocycles. The van der Waals surface area contributed by atoms with E-state index in [-0.39, 0.29) is 12.0 Å². The molecule has 1 atom stereocenters. The number of rotatable bonds is 8. The van der Waals surface area contributed by atoms with E-state index in [4.69, 9.17) is 14.2 Å². The standard InChI is InChI=1S/C25H25NO4/c27-25(20-8-12-22(13-9-20)29-17-19-5-2-1-3-6-19)26-21-10-14-23(15-11-21)30-18-24-7-4-16-28-24/h1-3,5-6,8-15,24H,4,7,16-18H2,(H,26,27)/t24-/m0/s1. The van der Waals surface area contributed by atoms with Crippen LogP contribution in [0.2, 0.25) is 0 Å². The molecule has 154 valence electrons. The van der Waals surface area contributed by atoms with Crippen molar-refractivity contribution in [2.24, 2.45) is 0 Å². The summed E-state index contributed by atoms with van der Waals surface area (Å²) >= 11 is 0. The van der Waals surface area contributed by atoms with Crippen molar-refractivity contribution in [3.05, 3.63) is 90.0 Å². The summed E-state index contributed by atoms with van der Waals surface area (Å²) in [6, 6.07) is 24.5. The molecular formula is C25H25NO4. The van der Waals surface area contributed by atoms with Gasteiger partial charge >= 0.3 is 0 Å². The van der Waals surface area contributed by atoms with E-state index in [1.165, 1.54) is 0 Å². The van der Waals surface area contributed by atoms with Gasteiger partial charge in [-0.1, -0.05) is 30.3 Å². The minimum Gasteiger partial charge on any atom is -0.491 e. The molecule has 0 unspecified atom stereocenters. The first kappa shape index (κ1) is 20.0. The van der Waals surface area contributed by atoms with Crippen LogP contribution in [-0.4, -0.2) is 25.2 Å². The van der Waals surface area contributed by atoms with Crippen molar-refractivity contribution in [2.45, 2.75) is 25.6 Å². The minimum absolute atomic E-state index is 0.169. The fraction of sp³-hybridized carbons (Fsp3) is 0.240. The summed E-state index contributed by atoms with van der Waals surface area (Å²) in [6.45, 7) is 1.87. The zero-order valence-corrected chi connectivity index (χ0v) is 16.8. The molecule has 1 aliphatic heterocycles. The molecule has 5 heteroatoms. The zero-order valence-electron chi connectivity index (χ0n) is 16.8. The Bertz CT molecular complexity index is 933. The molecule has 3 aromatic carbocycles. The number of benzene rings is 3. The lowest BCUT2D eigenvalue weighted by atomic mass is 10.2. The molecule has 1 fully saturated rings. The third kappa shape index (κ3) is 5.61. The highest BCUT2D eigenvalue weighted by Crippen LogP contribution is 2.20. The molecule has 30 heavy (non-hydrogen) atoms. The molecule has 5 nitrogen and oxygen atoms in total. The molecule has 0 saturated carbocycles. The fourth-order valence-corrected chi connectivity index (χ4v) is 3.25. The second-order valence-corrected chi connectivity index (χ2v) is 7.22. The second-order valence-electron chi connectivity index (χ2n) is 7.22. The lowest BCUT2D eigenvalue weighted by molar-refractivity contribution is 0.0679. The van der Waals surface area contributed by atoms with Gasteiger partial charge in [0, 0.05) is 17.9 Å². The van der Waals surface area contributed by atoms with E-state index in [1.807, 2.05) is 54.6 Å². The van der Waals surface area contributed by atoms with Crippen molar-refractivity contribution in [1.82, 2.24) is 0 Å². The van der Waals surface area contributed by atoms with E-state index in [2.05, 4.69) is 5.32 Å². The lowest BCUT2D eigenvalue weighted by Gasteiger charge is -2.12. The maximum atomic E-state index is 12.5. The van der Waals surface area contributed by atoms with Crippen LogP contribution in [0.1, 0.15) is 28.8 Å². The molecule has 0 aliphatic carbocycles. The molecule has 0 aromatic heterocycles. The summed E-state index contributed by atoms with van der Waals surface area (Å²) in [6.07, 6.45) is 2.33. The smallest absolute Gasteiger partial charge is 0.255 e. The minimum atomic E-state index is -0.169. The predicted molar refractivity (Wildman–Crippen MR) is 116 cm³/mol. The highest BCUT2D eigenvalue weighted by molar-refractivity contribution is 6.04. The van der Waals surface area contributed by atoms with Crippen molar-refractivity contribution in [3.63, 3.8) is 0 Å². The van der Waals surface area contributed by atoms with Gasteiger partial charge in [0.25, 0.3) is 5.91 Å². The molecule has 1 N–H and O–H groups in total. The number of hydrogen-bond acceptors (Lipinski definition) is 4. The summed E-state index contributed by atoms with van der Waals surface area (Å²) in [5.41, 5.74) is 2.39. The average molecular weight is 403 g/mol. The maximum Gasteiger partial charge on any atom is 0.255 e. The number of amides is 1. The highest BCUT2D eigenvalue weighted by atomic mass is 16.5. The molecule has 1 saturated heterocycles. The normalized spacial score (nSPS) is 15.5. The Kier molecular flexibility index (Phi) is 6.62. The number of carbonyl (C=O) groups is 1. The second kappa shape index (κ2) is 9.94. The van der Waals surface area contributed by atoms with Gasteiger partial charge < -0.3 is 19.5 Å². The Labute approximate surface area is 176 Å². The van der Waals surface area contributed by atoms with Crippen molar-refractivity contribution in [3.8, 4) is 11.5 Å². The summed E-state index contributed by atoms with van der Waals surface area (Å²) < 4.78 is 17.1. The average Bonchev–Trinajstić information content (AvgIpc) is 3.32. The Hall–Kier alpha value is -3.31. The van der Waals surface area contributed by atoms with E-state index in [0.717, 1.165) is 36.5 Å². The topological polar surface area (TPSA) is 56.8 Å². The van der Waals surface area contributed by atoms with E-state index in [0.29, 0.717) is 24.5 Å². The largest absolute Gasteiger partial charge is 0.491 e. The van der Waals surface area contributed by atoms with Crippen LogP contribution in [0, 0.1) is 0 Å². The summed E-state index contributed by atoms with van der Waals surface area (Å²) in [5.74, 6) is 1.32. The van der Waals surface area contributed by atoms with Gasteiger partial charge in [-0.25, -0.2) is 0 Å². The first-order valence-electron chi connectivity index (χ1n) is 10.2. The highest BCUT2D eigenvalue weighted by Gasteiger charge is 2.16. The molecule has 0 spiro atoms. The number of nitrogens with one attached hydrogen (secondary N) is 1. The molecule has 4 rings (SSSR count). The first-order chi connectivity index (χ1) is 14.8. The van der Waals surface area contributed by atoms with E-state index in [1.54, 1.807) is 24.3 Å². The van der Waals surface area contributed by atoms with Crippen LogP contribution in [0.5, 0.6) is 11.5 Å². The molecule has 0 radical (unpaired) electrons. The van der Waals surface area contributed by atoms with Crippen LogP contribution in [0.15, 0.2) is 78.9 Å². The van der Waals surface area contributed by atoms with Gasteiger partial charge in [0.15, 0.2) is 0 Å². The molecule has 1 amide bonds. The summed E-state index contributed by atoms with van der Waals surface area (Å²) in [5, 5.41) is 2.90. The zero-order chi connectivity index (χ0) is 20.6. The molecular weight excluding hydrogens is 378 g/mol. The van der Waals surface area contributed by atoms with Gasteiger partial charge in [-0.3, -0.25) is 4.79 Å².